The fourth-order valence-corrected chi connectivity index (χ4v) is 3.42. The summed E-state index contributed by atoms with van der Waals surface area (Å²) in [5, 5.41) is 0.889. The second-order valence-corrected chi connectivity index (χ2v) is 7.11. The van der Waals surface area contributed by atoms with Gasteiger partial charge < -0.3 is 14.1 Å². The van der Waals surface area contributed by atoms with Gasteiger partial charge in [-0.15, -0.1) is 11.3 Å². The lowest BCUT2D eigenvalue weighted by molar-refractivity contribution is -0.151. The monoisotopic (exact) mass is 372 g/mol. The highest BCUT2D eigenvalue weighted by molar-refractivity contribution is 7.18. The van der Waals surface area contributed by atoms with Crippen LogP contribution in [0, 0.1) is 6.92 Å². The third-order valence-electron chi connectivity index (χ3n) is 3.85. The second-order valence-electron chi connectivity index (χ2n) is 6.00. The van der Waals surface area contributed by atoms with E-state index >= 15 is 0 Å². The van der Waals surface area contributed by atoms with Gasteiger partial charge in [0.05, 0.1) is 28.2 Å². The average molecular weight is 372 g/mol. The number of aryl methyl sites for hydroxylation is 2. The molecule has 26 heavy (non-hydrogen) atoms. The Morgan fingerprint density at radius 1 is 1.23 bits per heavy atom. The Morgan fingerprint density at radius 3 is 2.77 bits per heavy atom. The minimum Gasteiger partial charge on any atom is -0.464 e. The first-order chi connectivity index (χ1) is 12.5. The van der Waals surface area contributed by atoms with Crippen molar-refractivity contribution in [1.29, 1.82) is 0 Å². The number of likely N-dealkylation sites (N-methyl/N-ethyl adjacent to an activating group) is 1. The molecule has 136 valence electrons. The number of carbonyl (C=O) groups excluding carboxylic acids is 2. The zero-order valence-electron chi connectivity index (χ0n) is 14.7. The molecule has 2 heterocycles. The number of amides is 1. The minimum absolute atomic E-state index is 0.203. The fourth-order valence-electron chi connectivity index (χ4n) is 2.45. The van der Waals surface area contributed by atoms with Crippen LogP contribution in [0.2, 0.25) is 0 Å². The maximum Gasteiger partial charge on any atom is 0.306 e. The van der Waals surface area contributed by atoms with E-state index in [1.807, 2.05) is 43.3 Å². The summed E-state index contributed by atoms with van der Waals surface area (Å²) >= 11 is 1.57. The lowest BCUT2D eigenvalue weighted by Gasteiger charge is -2.15. The van der Waals surface area contributed by atoms with Gasteiger partial charge in [-0.25, -0.2) is 4.98 Å². The molecule has 0 saturated carbocycles. The molecule has 0 aliphatic heterocycles. The first kappa shape index (κ1) is 18.1. The van der Waals surface area contributed by atoms with Crippen molar-refractivity contribution in [3.63, 3.8) is 0 Å². The number of hydrogen-bond acceptors (Lipinski definition) is 6. The number of thiazole rings is 1. The lowest BCUT2D eigenvalue weighted by atomic mass is 10.3. The van der Waals surface area contributed by atoms with Crippen molar-refractivity contribution in [2.24, 2.45) is 0 Å². The Labute approximate surface area is 155 Å². The Hall–Kier alpha value is -2.67. The molecule has 0 fully saturated rings. The molecular weight excluding hydrogens is 352 g/mol. The van der Waals surface area contributed by atoms with Crippen LogP contribution in [0.25, 0.3) is 10.2 Å². The van der Waals surface area contributed by atoms with Crippen LogP contribution in [-0.2, 0) is 27.3 Å². The van der Waals surface area contributed by atoms with Crippen LogP contribution in [-0.4, -0.2) is 35.4 Å². The topological polar surface area (TPSA) is 72.6 Å². The molecular formula is C19H20N2O4S. The second kappa shape index (κ2) is 8.14. The standard InChI is InChI=1S/C19H20N2O4S/c1-13-7-8-14(25-13)11-21(2)18(22)12-24-19(23)10-9-17-20-15-5-3-4-6-16(15)26-17/h3-8H,9-12H2,1-2H3. The molecule has 3 rings (SSSR count). The molecule has 7 heteroatoms. The van der Waals surface area contributed by atoms with E-state index in [-0.39, 0.29) is 18.9 Å². The van der Waals surface area contributed by atoms with E-state index in [0.717, 1.165) is 21.0 Å². The van der Waals surface area contributed by atoms with Crippen molar-refractivity contribution in [2.45, 2.75) is 26.3 Å². The van der Waals surface area contributed by atoms with E-state index in [0.29, 0.717) is 18.7 Å². The molecule has 2 aromatic heterocycles. The zero-order valence-corrected chi connectivity index (χ0v) is 15.5. The summed E-state index contributed by atoms with van der Waals surface area (Å²) in [5.41, 5.74) is 0.936. The zero-order chi connectivity index (χ0) is 18.5. The lowest BCUT2D eigenvalue weighted by Crippen LogP contribution is -2.30. The predicted molar refractivity (Wildman–Crippen MR) is 98.8 cm³/mol. The third-order valence-corrected chi connectivity index (χ3v) is 4.95. The Morgan fingerprint density at radius 2 is 2.04 bits per heavy atom. The van der Waals surface area contributed by atoms with Crippen molar-refractivity contribution in [3.8, 4) is 0 Å². The largest absolute Gasteiger partial charge is 0.464 e. The number of hydrogen-bond donors (Lipinski definition) is 0. The van der Waals surface area contributed by atoms with E-state index < -0.39 is 5.97 Å². The molecule has 3 aromatic rings. The van der Waals surface area contributed by atoms with Crippen LogP contribution in [0.1, 0.15) is 22.9 Å². The molecule has 1 aromatic carbocycles. The third kappa shape index (κ3) is 4.70. The van der Waals surface area contributed by atoms with Gasteiger partial charge in [0.2, 0.25) is 0 Å². The van der Waals surface area contributed by atoms with Crippen LogP contribution in [0.4, 0.5) is 0 Å². The van der Waals surface area contributed by atoms with E-state index in [1.54, 1.807) is 18.4 Å². The molecule has 0 radical (unpaired) electrons. The molecule has 0 aliphatic rings. The van der Waals surface area contributed by atoms with Gasteiger partial charge in [-0.3, -0.25) is 9.59 Å². The normalized spacial score (nSPS) is 10.8. The smallest absolute Gasteiger partial charge is 0.306 e. The molecule has 0 spiro atoms. The summed E-state index contributed by atoms with van der Waals surface area (Å²) in [4.78, 5) is 29.9. The molecule has 0 bridgehead atoms. The van der Waals surface area contributed by atoms with Gasteiger partial charge in [-0.2, -0.15) is 0 Å². The number of furan rings is 1. The molecule has 0 aliphatic carbocycles. The van der Waals surface area contributed by atoms with Crippen LogP contribution in [0.3, 0.4) is 0 Å². The average Bonchev–Trinajstić information content (AvgIpc) is 3.23. The number of nitrogens with zero attached hydrogens (tertiary/aromatic N) is 2. The quantitative estimate of drug-likeness (QED) is 0.595. The van der Waals surface area contributed by atoms with Gasteiger partial charge in [0.1, 0.15) is 11.5 Å². The number of rotatable bonds is 7. The molecule has 0 atom stereocenters. The number of esters is 1. The summed E-state index contributed by atoms with van der Waals surface area (Å²) in [6.45, 7) is 1.92. The van der Waals surface area contributed by atoms with Crippen LogP contribution < -0.4 is 0 Å². The summed E-state index contributed by atoms with van der Waals surface area (Å²) in [6, 6.07) is 11.5. The summed E-state index contributed by atoms with van der Waals surface area (Å²) in [6.07, 6.45) is 0.710. The van der Waals surface area contributed by atoms with Gasteiger partial charge >= 0.3 is 5.97 Å². The number of para-hydroxylation sites is 1. The van der Waals surface area contributed by atoms with Crippen molar-refractivity contribution < 1.29 is 18.7 Å². The number of carbonyl (C=O) groups is 2. The van der Waals surface area contributed by atoms with Crippen LogP contribution >= 0.6 is 11.3 Å². The van der Waals surface area contributed by atoms with Crippen LogP contribution in [0.5, 0.6) is 0 Å². The number of ether oxygens (including phenoxy) is 1. The highest BCUT2D eigenvalue weighted by atomic mass is 32.1. The number of fused-ring (bicyclic) bond motifs is 1. The van der Waals surface area contributed by atoms with Crippen molar-refractivity contribution >= 4 is 33.4 Å². The van der Waals surface area contributed by atoms with Gasteiger partial charge in [-0.1, -0.05) is 12.1 Å². The fraction of sp³-hybridized carbons (Fsp3) is 0.316. The minimum atomic E-state index is -0.403. The number of benzene rings is 1. The Balaban J connectivity index is 1.42. The van der Waals surface area contributed by atoms with Gasteiger partial charge in [0.25, 0.3) is 5.91 Å². The molecule has 0 saturated heterocycles. The van der Waals surface area contributed by atoms with Crippen molar-refractivity contribution in [1.82, 2.24) is 9.88 Å². The van der Waals surface area contributed by atoms with E-state index in [1.165, 1.54) is 4.90 Å². The number of aromatic nitrogens is 1. The van der Waals surface area contributed by atoms with Gasteiger partial charge in [0.15, 0.2) is 6.61 Å². The first-order valence-electron chi connectivity index (χ1n) is 8.30. The van der Waals surface area contributed by atoms with E-state index in [4.69, 9.17) is 9.15 Å². The van der Waals surface area contributed by atoms with Gasteiger partial charge in [0, 0.05) is 13.5 Å². The highest BCUT2D eigenvalue weighted by Gasteiger charge is 2.14. The van der Waals surface area contributed by atoms with Crippen molar-refractivity contribution in [2.75, 3.05) is 13.7 Å². The SMILES string of the molecule is Cc1ccc(CN(C)C(=O)COC(=O)CCc2nc3ccccc3s2)o1. The highest BCUT2D eigenvalue weighted by Crippen LogP contribution is 2.22. The molecule has 6 nitrogen and oxygen atoms in total. The maximum absolute atomic E-state index is 12.0. The molecule has 0 unspecified atom stereocenters. The van der Waals surface area contributed by atoms with Gasteiger partial charge in [-0.05, 0) is 31.2 Å². The summed E-state index contributed by atoms with van der Waals surface area (Å²) in [7, 11) is 1.65. The van der Waals surface area contributed by atoms with E-state index in [9.17, 15) is 9.59 Å². The van der Waals surface area contributed by atoms with E-state index in [2.05, 4.69) is 4.98 Å². The van der Waals surface area contributed by atoms with Crippen LogP contribution in [0.15, 0.2) is 40.8 Å². The maximum atomic E-state index is 12.0. The summed E-state index contributed by atoms with van der Waals surface area (Å²) < 4.78 is 11.6. The summed E-state index contributed by atoms with van der Waals surface area (Å²) in [5.74, 6) is 0.815. The molecule has 0 N–H and O–H groups in total. The molecule has 1 amide bonds. The predicted octanol–water partition coefficient (Wildman–Crippen LogP) is 3.33. The first-order valence-corrected chi connectivity index (χ1v) is 9.12. The van der Waals surface area contributed by atoms with Crippen molar-refractivity contribution in [3.05, 3.63) is 52.9 Å². The Bertz CT molecular complexity index is 882. The Kier molecular flexibility index (Phi) is 5.68.